The molecule has 3 rings (SSSR count). The van der Waals surface area contributed by atoms with Crippen LogP contribution in [0.25, 0.3) is 10.1 Å². The Kier molecular flexibility index (Phi) is 7.20. The molecule has 0 unspecified atom stereocenters. The van der Waals surface area contributed by atoms with Crippen molar-refractivity contribution in [2.45, 2.75) is 72.1 Å². The van der Waals surface area contributed by atoms with Crippen molar-refractivity contribution in [2.75, 3.05) is 13.1 Å². The van der Waals surface area contributed by atoms with Crippen LogP contribution in [0.15, 0.2) is 24.3 Å². The molecule has 1 aliphatic rings. The van der Waals surface area contributed by atoms with Gasteiger partial charge < -0.3 is 20.1 Å². The summed E-state index contributed by atoms with van der Waals surface area (Å²) in [5, 5.41) is 1.15. The van der Waals surface area contributed by atoms with Gasteiger partial charge in [-0.1, -0.05) is 6.07 Å². The van der Waals surface area contributed by atoms with Gasteiger partial charge in [-0.25, -0.2) is 4.79 Å². The topological polar surface area (TPSA) is 81.9 Å². The normalized spacial score (nSPS) is 18.1. The predicted molar refractivity (Wildman–Crippen MR) is 129 cm³/mol. The van der Waals surface area contributed by atoms with Crippen LogP contribution < -0.4 is 5.73 Å². The van der Waals surface area contributed by atoms with Crippen molar-refractivity contribution in [2.24, 2.45) is 17.6 Å². The maximum absolute atomic E-state index is 13.2. The molecule has 1 aromatic heterocycles. The van der Waals surface area contributed by atoms with Gasteiger partial charge in [-0.3, -0.25) is 4.79 Å². The molecule has 6 nitrogen and oxygen atoms in total. The molecular formula is C25H36N2O4S. The number of thiophene rings is 1. The van der Waals surface area contributed by atoms with E-state index in [4.69, 9.17) is 15.2 Å². The molecule has 2 atom stereocenters. The van der Waals surface area contributed by atoms with Crippen LogP contribution in [0.4, 0.5) is 4.79 Å². The number of fused-ring (bicyclic) bond motifs is 1. The van der Waals surface area contributed by atoms with Crippen LogP contribution in [0.5, 0.6) is 0 Å². The Balaban J connectivity index is 1.80. The average molecular weight is 461 g/mol. The zero-order valence-electron chi connectivity index (χ0n) is 20.1. The second-order valence-corrected chi connectivity index (χ2v) is 11.8. The lowest BCUT2D eigenvalue weighted by Gasteiger charge is -2.28. The lowest BCUT2D eigenvalue weighted by molar-refractivity contribution is -0.161. The first-order chi connectivity index (χ1) is 14.8. The van der Waals surface area contributed by atoms with Crippen LogP contribution in [0.1, 0.15) is 58.4 Å². The first-order valence-corrected chi connectivity index (χ1v) is 12.1. The van der Waals surface area contributed by atoms with Crippen LogP contribution in [-0.2, 0) is 27.2 Å². The molecule has 7 heteroatoms. The number of nitrogens with two attached hydrogens (primary N) is 1. The summed E-state index contributed by atoms with van der Waals surface area (Å²) in [5.74, 6) is -0.487. The minimum atomic E-state index is -0.561. The summed E-state index contributed by atoms with van der Waals surface area (Å²) in [4.78, 5) is 28.6. The molecule has 2 aromatic rings. The van der Waals surface area contributed by atoms with Crippen LogP contribution >= 0.6 is 11.3 Å². The van der Waals surface area contributed by atoms with E-state index in [9.17, 15) is 9.59 Å². The van der Waals surface area contributed by atoms with Gasteiger partial charge in [0.25, 0.3) is 0 Å². The van der Waals surface area contributed by atoms with Crippen molar-refractivity contribution in [3.05, 3.63) is 34.7 Å². The number of hydrogen-bond donors (Lipinski definition) is 1. The molecule has 0 bridgehead atoms. The van der Waals surface area contributed by atoms with E-state index in [0.29, 0.717) is 26.1 Å². The van der Waals surface area contributed by atoms with E-state index in [1.165, 1.54) is 4.70 Å². The Morgan fingerprint density at radius 3 is 2.44 bits per heavy atom. The van der Waals surface area contributed by atoms with Crippen molar-refractivity contribution in [3.8, 4) is 0 Å². The molecule has 0 saturated carbocycles. The van der Waals surface area contributed by atoms with Gasteiger partial charge >= 0.3 is 12.1 Å². The van der Waals surface area contributed by atoms with E-state index in [2.05, 4.69) is 18.2 Å². The zero-order chi connectivity index (χ0) is 23.7. The fourth-order valence-electron chi connectivity index (χ4n) is 4.02. The largest absolute Gasteiger partial charge is 0.460 e. The molecule has 2 heterocycles. The van der Waals surface area contributed by atoms with Gasteiger partial charge in [0.15, 0.2) is 0 Å². The maximum atomic E-state index is 13.2. The van der Waals surface area contributed by atoms with Gasteiger partial charge in [0.05, 0.1) is 5.92 Å². The van der Waals surface area contributed by atoms with Crippen LogP contribution in [0.2, 0.25) is 0 Å². The molecule has 1 amide bonds. The Hall–Kier alpha value is -2.12. The quantitative estimate of drug-likeness (QED) is 0.627. The lowest BCUT2D eigenvalue weighted by atomic mass is 9.88. The second-order valence-electron chi connectivity index (χ2n) is 10.6. The van der Waals surface area contributed by atoms with Crippen molar-refractivity contribution >= 4 is 33.5 Å². The summed E-state index contributed by atoms with van der Waals surface area (Å²) < 4.78 is 12.5. The molecule has 1 saturated heterocycles. The standard InChI is InChI=1S/C25H36N2O4S/c1-24(2,3)30-22(28)20(17-9-10-27(15-17)23(29)31-25(4,5)6)13-19-12-18-11-16(14-26)7-8-21(18)32-19/h7-8,11-12,17,20H,9-10,13-15,26H2,1-6H3/t17-,20-/m0/s1. The fraction of sp³-hybridized carbons (Fsp3) is 0.600. The van der Waals surface area contributed by atoms with Gasteiger partial charge in [0.2, 0.25) is 0 Å². The summed E-state index contributed by atoms with van der Waals surface area (Å²) in [5.41, 5.74) is 5.77. The van der Waals surface area contributed by atoms with Gasteiger partial charge in [-0.05, 0) is 89.5 Å². The van der Waals surface area contributed by atoms with E-state index in [0.717, 1.165) is 22.2 Å². The van der Waals surface area contributed by atoms with Crippen LogP contribution in [0.3, 0.4) is 0 Å². The number of benzene rings is 1. The van der Waals surface area contributed by atoms with Crippen LogP contribution in [-0.4, -0.2) is 41.3 Å². The monoisotopic (exact) mass is 460 g/mol. The van der Waals surface area contributed by atoms with Gasteiger partial charge in [-0.15, -0.1) is 11.3 Å². The highest BCUT2D eigenvalue weighted by atomic mass is 32.1. The third-order valence-corrected chi connectivity index (χ3v) is 6.58. The number of carbonyl (C=O) groups is 2. The highest BCUT2D eigenvalue weighted by Gasteiger charge is 2.39. The average Bonchev–Trinajstić information content (AvgIpc) is 3.29. The SMILES string of the molecule is CC(C)(C)OC(=O)[C@@H](Cc1cc2cc(CN)ccc2s1)[C@H]1CCN(C(=O)OC(C)(C)C)C1. The number of likely N-dealkylation sites (tertiary alicyclic amines) is 1. The number of esters is 1. The summed E-state index contributed by atoms with van der Waals surface area (Å²) >= 11 is 1.70. The Bertz CT molecular complexity index is 970. The summed E-state index contributed by atoms with van der Waals surface area (Å²) in [6.45, 7) is 12.8. The highest BCUT2D eigenvalue weighted by Crippen LogP contribution is 2.34. The van der Waals surface area contributed by atoms with E-state index < -0.39 is 11.2 Å². The smallest absolute Gasteiger partial charge is 0.410 e. The number of hydrogen-bond acceptors (Lipinski definition) is 6. The lowest BCUT2D eigenvalue weighted by Crippen LogP contribution is -2.38. The predicted octanol–water partition coefficient (Wildman–Crippen LogP) is 5.12. The number of rotatable bonds is 5. The third-order valence-electron chi connectivity index (χ3n) is 5.44. The maximum Gasteiger partial charge on any atom is 0.410 e. The molecule has 0 spiro atoms. The van der Waals surface area contributed by atoms with E-state index >= 15 is 0 Å². The van der Waals surface area contributed by atoms with Crippen molar-refractivity contribution in [1.82, 2.24) is 4.90 Å². The number of nitrogens with zero attached hydrogens (tertiary/aromatic N) is 1. The van der Waals surface area contributed by atoms with Gasteiger partial charge in [0, 0.05) is 29.2 Å². The van der Waals surface area contributed by atoms with E-state index in [-0.39, 0.29) is 23.9 Å². The first-order valence-electron chi connectivity index (χ1n) is 11.3. The Morgan fingerprint density at radius 2 is 1.81 bits per heavy atom. The molecular weight excluding hydrogens is 424 g/mol. The molecule has 32 heavy (non-hydrogen) atoms. The molecule has 2 N–H and O–H groups in total. The third kappa shape index (κ3) is 6.45. The fourth-order valence-corrected chi connectivity index (χ4v) is 5.12. The van der Waals surface area contributed by atoms with E-state index in [1.807, 2.05) is 47.6 Å². The molecule has 176 valence electrons. The Morgan fingerprint density at radius 1 is 1.12 bits per heavy atom. The van der Waals surface area contributed by atoms with Gasteiger partial charge in [0.1, 0.15) is 11.2 Å². The minimum Gasteiger partial charge on any atom is -0.460 e. The zero-order valence-corrected chi connectivity index (χ0v) is 20.9. The van der Waals surface area contributed by atoms with Crippen molar-refractivity contribution in [1.29, 1.82) is 0 Å². The van der Waals surface area contributed by atoms with Crippen LogP contribution in [0, 0.1) is 11.8 Å². The van der Waals surface area contributed by atoms with Crippen molar-refractivity contribution in [3.63, 3.8) is 0 Å². The number of carbonyl (C=O) groups excluding carboxylic acids is 2. The number of ether oxygens (including phenoxy) is 2. The summed E-state index contributed by atoms with van der Waals surface area (Å²) in [6.07, 6.45) is 1.03. The molecule has 1 fully saturated rings. The van der Waals surface area contributed by atoms with Crippen molar-refractivity contribution < 1.29 is 19.1 Å². The molecule has 0 radical (unpaired) electrons. The van der Waals surface area contributed by atoms with Gasteiger partial charge in [-0.2, -0.15) is 0 Å². The minimum absolute atomic E-state index is 0.0298. The van der Waals surface area contributed by atoms with E-state index in [1.54, 1.807) is 16.2 Å². The molecule has 0 aliphatic carbocycles. The highest BCUT2D eigenvalue weighted by molar-refractivity contribution is 7.19. The molecule has 1 aliphatic heterocycles. The Labute approximate surface area is 195 Å². The second kappa shape index (κ2) is 9.40. The summed E-state index contributed by atoms with van der Waals surface area (Å²) in [7, 11) is 0. The first kappa shape index (κ1) is 24.5. The number of amides is 1. The molecule has 1 aromatic carbocycles. The summed E-state index contributed by atoms with van der Waals surface area (Å²) in [6, 6.07) is 8.40.